The molecule has 4 heteroatoms. The topological polar surface area (TPSA) is 43.7 Å². The van der Waals surface area contributed by atoms with Crippen molar-refractivity contribution >= 4 is 21.6 Å². The molecule has 0 radical (unpaired) electrons. The SMILES string of the molecule is C[C@H](O)c1ccc(N2CCCC(C)(O)CC2)c(Br)c1. The van der Waals surface area contributed by atoms with Crippen molar-refractivity contribution in [1.29, 1.82) is 0 Å². The van der Waals surface area contributed by atoms with Gasteiger partial charge in [0.15, 0.2) is 0 Å². The largest absolute Gasteiger partial charge is 0.390 e. The van der Waals surface area contributed by atoms with Gasteiger partial charge >= 0.3 is 0 Å². The van der Waals surface area contributed by atoms with Crippen molar-refractivity contribution in [3.05, 3.63) is 28.2 Å². The summed E-state index contributed by atoms with van der Waals surface area (Å²) < 4.78 is 1.01. The summed E-state index contributed by atoms with van der Waals surface area (Å²) in [7, 11) is 0. The normalized spacial score (nSPS) is 26.1. The van der Waals surface area contributed by atoms with Gasteiger partial charge in [0.2, 0.25) is 0 Å². The number of nitrogens with zero attached hydrogens (tertiary/aromatic N) is 1. The van der Waals surface area contributed by atoms with Crippen LogP contribution in [0, 0.1) is 0 Å². The van der Waals surface area contributed by atoms with Crippen molar-refractivity contribution in [3.63, 3.8) is 0 Å². The van der Waals surface area contributed by atoms with Crippen molar-refractivity contribution in [1.82, 2.24) is 0 Å². The third kappa shape index (κ3) is 3.71. The van der Waals surface area contributed by atoms with E-state index in [2.05, 4.69) is 20.8 Å². The van der Waals surface area contributed by atoms with Crippen molar-refractivity contribution in [2.45, 2.75) is 44.8 Å². The van der Waals surface area contributed by atoms with Crippen LogP contribution < -0.4 is 4.90 Å². The predicted molar refractivity (Wildman–Crippen MR) is 81.5 cm³/mol. The summed E-state index contributed by atoms with van der Waals surface area (Å²) in [5.74, 6) is 0. The van der Waals surface area contributed by atoms with Crippen LogP contribution in [-0.2, 0) is 0 Å². The molecule has 1 saturated heterocycles. The van der Waals surface area contributed by atoms with Crippen molar-refractivity contribution in [3.8, 4) is 0 Å². The van der Waals surface area contributed by atoms with E-state index in [9.17, 15) is 10.2 Å². The average molecular weight is 328 g/mol. The lowest BCUT2D eigenvalue weighted by atomic mass is 9.98. The first-order valence-electron chi connectivity index (χ1n) is 6.84. The molecule has 0 saturated carbocycles. The standard InChI is InChI=1S/C15H22BrNO2/c1-11(18)12-4-5-14(13(16)10-12)17-8-3-6-15(2,19)7-9-17/h4-5,10-11,18-19H,3,6-9H2,1-2H3/t11-,15?/m0/s1. The van der Waals surface area contributed by atoms with Gasteiger partial charge in [0.25, 0.3) is 0 Å². The summed E-state index contributed by atoms with van der Waals surface area (Å²) in [6, 6.07) is 5.99. The van der Waals surface area contributed by atoms with Crippen LogP contribution >= 0.6 is 15.9 Å². The number of aliphatic hydroxyl groups is 2. The van der Waals surface area contributed by atoms with Crippen LogP contribution in [0.2, 0.25) is 0 Å². The Hall–Kier alpha value is -0.580. The summed E-state index contributed by atoms with van der Waals surface area (Å²) >= 11 is 3.59. The number of anilines is 1. The molecule has 1 aromatic carbocycles. The molecule has 2 atom stereocenters. The van der Waals surface area contributed by atoms with E-state index in [1.165, 1.54) is 0 Å². The Labute approximate surface area is 123 Å². The fourth-order valence-electron chi connectivity index (χ4n) is 2.54. The number of hydrogen-bond acceptors (Lipinski definition) is 3. The second-order valence-electron chi connectivity index (χ2n) is 5.72. The molecular formula is C15H22BrNO2. The third-order valence-corrected chi connectivity index (χ3v) is 4.49. The van der Waals surface area contributed by atoms with Crippen molar-refractivity contribution in [2.24, 2.45) is 0 Å². The molecule has 2 N–H and O–H groups in total. The minimum absolute atomic E-state index is 0.449. The first-order valence-corrected chi connectivity index (χ1v) is 7.63. The fourth-order valence-corrected chi connectivity index (χ4v) is 3.19. The number of halogens is 1. The molecule has 0 bridgehead atoms. The summed E-state index contributed by atoms with van der Waals surface area (Å²) in [5, 5.41) is 19.7. The van der Waals surface area contributed by atoms with E-state index in [1.54, 1.807) is 6.92 Å². The summed E-state index contributed by atoms with van der Waals surface area (Å²) in [6.07, 6.45) is 2.19. The quantitative estimate of drug-likeness (QED) is 0.876. The van der Waals surface area contributed by atoms with Gasteiger partial charge in [0.1, 0.15) is 0 Å². The first kappa shape index (κ1) is 14.8. The van der Waals surface area contributed by atoms with Gasteiger partial charge in [-0.3, -0.25) is 0 Å². The molecule has 0 spiro atoms. The van der Waals surface area contributed by atoms with Crippen molar-refractivity contribution < 1.29 is 10.2 Å². The lowest BCUT2D eigenvalue weighted by molar-refractivity contribution is 0.0481. The van der Waals surface area contributed by atoms with Gasteiger partial charge in [-0.15, -0.1) is 0 Å². The smallest absolute Gasteiger partial charge is 0.0762 e. The predicted octanol–water partition coefficient (Wildman–Crippen LogP) is 3.24. The van der Waals surface area contributed by atoms with Crippen LogP contribution in [0.4, 0.5) is 5.69 Å². The van der Waals surface area contributed by atoms with E-state index in [4.69, 9.17) is 0 Å². The van der Waals surface area contributed by atoms with Gasteiger partial charge in [-0.1, -0.05) is 6.07 Å². The molecule has 0 aliphatic carbocycles. The second-order valence-corrected chi connectivity index (χ2v) is 6.58. The Morgan fingerprint density at radius 2 is 2.05 bits per heavy atom. The Bertz CT molecular complexity index is 446. The zero-order valence-corrected chi connectivity index (χ0v) is 13.2. The highest BCUT2D eigenvalue weighted by Crippen LogP contribution is 2.32. The van der Waals surface area contributed by atoms with Crippen LogP contribution in [-0.4, -0.2) is 28.9 Å². The van der Waals surface area contributed by atoms with Crippen LogP contribution in [0.25, 0.3) is 0 Å². The second kappa shape index (κ2) is 5.81. The van der Waals surface area contributed by atoms with Gasteiger partial charge in [-0.05, 0) is 66.7 Å². The van der Waals surface area contributed by atoms with E-state index in [-0.39, 0.29) is 0 Å². The molecule has 1 fully saturated rings. The molecule has 1 aromatic rings. The van der Waals surface area contributed by atoms with Gasteiger partial charge in [-0.2, -0.15) is 0 Å². The molecule has 106 valence electrons. The zero-order chi connectivity index (χ0) is 14.0. The minimum atomic E-state index is -0.541. The molecule has 0 aromatic heterocycles. The van der Waals surface area contributed by atoms with E-state index in [1.807, 2.05) is 25.1 Å². The van der Waals surface area contributed by atoms with Gasteiger partial charge in [0, 0.05) is 17.6 Å². The number of benzene rings is 1. The van der Waals surface area contributed by atoms with E-state index in [0.29, 0.717) is 0 Å². The molecule has 1 aliphatic heterocycles. The molecule has 1 aliphatic rings. The molecule has 1 unspecified atom stereocenters. The monoisotopic (exact) mass is 327 g/mol. The van der Waals surface area contributed by atoms with Gasteiger partial charge in [0.05, 0.1) is 17.4 Å². The van der Waals surface area contributed by atoms with Crippen LogP contribution in [0.5, 0.6) is 0 Å². The highest BCUT2D eigenvalue weighted by molar-refractivity contribution is 9.10. The lowest BCUT2D eigenvalue weighted by Gasteiger charge is -2.25. The first-order chi connectivity index (χ1) is 8.89. The average Bonchev–Trinajstić information content (AvgIpc) is 2.50. The third-order valence-electron chi connectivity index (χ3n) is 3.86. The maximum atomic E-state index is 10.1. The van der Waals surface area contributed by atoms with Crippen LogP contribution in [0.1, 0.15) is 44.8 Å². The molecule has 2 rings (SSSR count). The molecule has 19 heavy (non-hydrogen) atoms. The maximum Gasteiger partial charge on any atom is 0.0762 e. The number of rotatable bonds is 2. The Morgan fingerprint density at radius 3 is 2.68 bits per heavy atom. The summed E-state index contributed by atoms with van der Waals surface area (Å²) in [5.41, 5.74) is 1.51. The van der Waals surface area contributed by atoms with E-state index >= 15 is 0 Å². The highest BCUT2D eigenvalue weighted by Gasteiger charge is 2.25. The fraction of sp³-hybridized carbons (Fsp3) is 0.600. The summed E-state index contributed by atoms with van der Waals surface area (Å²) in [4.78, 5) is 2.30. The van der Waals surface area contributed by atoms with Crippen molar-refractivity contribution in [2.75, 3.05) is 18.0 Å². The lowest BCUT2D eigenvalue weighted by Crippen LogP contribution is -2.28. The molecule has 3 nitrogen and oxygen atoms in total. The van der Waals surface area contributed by atoms with Crippen LogP contribution in [0.15, 0.2) is 22.7 Å². The number of aliphatic hydroxyl groups excluding tert-OH is 1. The van der Waals surface area contributed by atoms with Gasteiger partial charge in [-0.25, -0.2) is 0 Å². The Kier molecular flexibility index (Phi) is 4.54. The van der Waals surface area contributed by atoms with Crippen LogP contribution in [0.3, 0.4) is 0 Å². The molecule has 1 heterocycles. The van der Waals surface area contributed by atoms with Gasteiger partial charge < -0.3 is 15.1 Å². The zero-order valence-electron chi connectivity index (χ0n) is 11.6. The highest BCUT2D eigenvalue weighted by atomic mass is 79.9. The minimum Gasteiger partial charge on any atom is -0.390 e. The number of hydrogen-bond donors (Lipinski definition) is 2. The molecular weight excluding hydrogens is 306 g/mol. The van der Waals surface area contributed by atoms with E-state index < -0.39 is 11.7 Å². The molecule has 0 amide bonds. The van der Waals surface area contributed by atoms with E-state index in [0.717, 1.165) is 48.1 Å². The summed E-state index contributed by atoms with van der Waals surface area (Å²) in [6.45, 7) is 5.51. The Balaban J connectivity index is 2.18. The Morgan fingerprint density at radius 1 is 1.32 bits per heavy atom. The maximum absolute atomic E-state index is 10.1.